The Morgan fingerprint density at radius 2 is 1.67 bits per heavy atom. The molecule has 0 aliphatic rings. The first-order valence-electron chi connectivity index (χ1n) is 6.66. The van der Waals surface area contributed by atoms with Gasteiger partial charge in [0.15, 0.2) is 0 Å². The number of thioether (sulfide) groups is 1. The molecule has 0 saturated carbocycles. The van der Waals surface area contributed by atoms with Gasteiger partial charge in [-0.05, 0) is 50.7 Å². The summed E-state index contributed by atoms with van der Waals surface area (Å²) in [6, 6.07) is 11.6. The number of rotatable bonds is 9. The minimum atomic E-state index is -1.90. The van der Waals surface area contributed by atoms with Gasteiger partial charge in [0.1, 0.15) is 0 Å². The maximum atomic E-state index is 5.83. The average Bonchev–Trinajstić information content (AvgIpc) is 2.37. The van der Waals surface area contributed by atoms with Gasteiger partial charge >= 0.3 is 8.56 Å². The molecule has 1 aromatic rings. The van der Waals surface area contributed by atoms with Gasteiger partial charge in [0.2, 0.25) is 0 Å². The van der Waals surface area contributed by atoms with Crippen LogP contribution in [0.25, 0.3) is 0 Å². The summed E-state index contributed by atoms with van der Waals surface area (Å²) in [6.45, 7) is 7.78. The van der Waals surface area contributed by atoms with Gasteiger partial charge in [0, 0.05) is 18.1 Å². The van der Waals surface area contributed by atoms with E-state index >= 15 is 0 Å². The highest BCUT2D eigenvalue weighted by Crippen LogP contribution is 2.22. The van der Waals surface area contributed by atoms with E-state index in [0.717, 1.165) is 31.4 Å². The topological polar surface area (TPSA) is 18.5 Å². The molecule has 4 heteroatoms. The molecule has 0 saturated heterocycles. The summed E-state index contributed by atoms with van der Waals surface area (Å²) < 4.78 is 11.7. The van der Waals surface area contributed by atoms with Crippen LogP contribution in [0.3, 0.4) is 0 Å². The van der Waals surface area contributed by atoms with E-state index in [4.69, 9.17) is 8.85 Å². The lowest BCUT2D eigenvalue weighted by Crippen LogP contribution is -2.38. The van der Waals surface area contributed by atoms with Gasteiger partial charge in [-0.3, -0.25) is 0 Å². The second kappa shape index (κ2) is 8.75. The Morgan fingerprint density at radius 3 is 2.22 bits per heavy atom. The Labute approximate surface area is 116 Å². The standard InChI is InChI=1S/C14H24O2SSi/c1-4-15-18(3,16-5-2)13-9-12-17-14-10-7-6-8-11-14/h6-8,10-11H,4-5,9,12-13H2,1-3H3. The van der Waals surface area contributed by atoms with E-state index in [1.165, 1.54) is 4.90 Å². The molecule has 0 N–H and O–H groups in total. The summed E-state index contributed by atoms with van der Waals surface area (Å²) in [5, 5.41) is 0. The Hall–Kier alpha value is -0.293. The SMILES string of the molecule is CCO[Si](C)(CCCSc1ccccc1)OCC. The summed E-state index contributed by atoms with van der Waals surface area (Å²) in [6.07, 6.45) is 1.16. The van der Waals surface area contributed by atoms with E-state index in [2.05, 4.69) is 36.9 Å². The van der Waals surface area contributed by atoms with Crippen molar-refractivity contribution < 1.29 is 8.85 Å². The third kappa shape index (κ3) is 6.04. The zero-order valence-electron chi connectivity index (χ0n) is 11.6. The predicted octanol–water partition coefficient (Wildman–Crippen LogP) is 4.31. The molecule has 0 aromatic heterocycles. The van der Waals surface area contributed by atoms with Gasteiger partial charge in [-0.25, -0.2) is 0 Å². The van der Waals surface area contributed by atoms with Gasteiger partial charge in [-0.15, -0.1) is 11.8 Å². The molecule has 0 aliphatic carbocycles. The van der Waals surface area contributed by atoms with Gasteiger partial charge in [0.05, 0.1) is 0 Å². The highest BCUT2D eigenvalue weighted by atomic mass is 32.2. The zero-order chi connectivity index (χ0) is 13.3. The van der Waals surface area contributed by atoms with E-state index in [1.807, 2.05) is 25.6 Å². The Bertz CT molecular complexity index is 313. The summed E-state index contributed by atoms with van der Waals surface area (Å²) >= 11 is 1.91. The van der Waals surface area contributed by atoms with Gasteiger partial charge in [-0.1, -0.05) is 18.2 Å². The molecule has 1 aromatic carbocycles. The maximum absolute atomic E-state index is 5.83. The number of benzene rings is 1. The van der Waals surface area contributed by atoms with E-state index < -0.39 is 8.56 Å². The van der Waals surface area contributed by atoms with Crippen molar-refractivity contribution in [2.24, 2.45) is 0 Å². The summed E-state index contributed by atoms with van der Waals surface area (Å²) in [4.78, 5) is 1.34. The molecule has 0 spiro atoms. The maximum Gasteiger partial charge on any atom is 0.334 e. The Kier molecular flexibility index (Phi) is 7.66. The fourth-order valence-electron chi connectivity index (χ4n) is 1.90. The van der Waals surface area contributed by atoms with Crippen molar-refractivity contribution >= 4 is 20.3 Å². The molecule has 2 nitrogen and oxygen atoms in total. The first-order valence-corrected chi connectivity index (χ1v) is 10.2. The van der Waals surface area contributed by atoms with Crippen LogP contribution in [0.5, 0.6) is 0 Å². The van der Waals surface area contributed by atoms with Crippen molar-refractivity contribution in [3.8, 4) is 0 Å². The summed E-state index contributed by atoms with van der Waals surface area (Å²) in [5.41, 5.74) is 0. The summed E-state index contributed by atoms with van der Waals surface area (Å²) in [7, 11) is -1.90. The van der Waals surface area contributed by atoms with Crippen LogP contribution in [0.15, 0.2) is 35.2 Å². The normalized spacial score (nSPS) is 11.7. The quantitative estimate of drug-likeness (QED) is 0.382. The second-order valence-corrected chi connectivity index (χ2v) is 8.78. The van der Waals surface area contributed by atoms with Crippen LogP contribution in [-0.2, 0) is 8.85 Å². The van der Waals surface area contributed by atoms with Crippen LogP contribution in [0.2, 0.25) is 12.6 Å². The molecular weight excluding hydrogens is 260 g/mol. The van der Waals surface area contributed by atoms with Gasteiger partial charge < -0.3 is 8.85 Å². The third-order valence-corrected chi connectivity index (χ3v) is 6.85. The van der Waals surface area contributed by atoms with Gasteiger partial charge in [-0.2, -0.15) is 0 Å². The monoisotopic (exact) mass is 284 g/mol. The summed E-state index contributed by atoms with van der Waals surface area (Å²) in [5.74, 6) is 1.13. The zero-order valence-corrected chi connectivity index (χ0v) is 13.5. The largest absolute Gasteiger partial charge is 0.395 e. The molecule has 0 heterocycles. The van der Waals surface area contributed by atoms with Crippen molar-refractivity contribution in [2.45, 2.75) is 37.8 Å². The minimum Gasteiger partial charge on any atom is -0.395 e. The molecule has 0 fully saturated rings. The van der Waals surface area contributed by atoms with Crippen molar-refractivity contribution in [1.29, 1.82) is 0 Å². The molecule has 0 aliphatic heterocycles. The highest BCUT2D eigenvalue weighted by molar-refractivity contribution is 7.99. The van der Waals surface area contributed by atoms with Crippen molar-refractivity contribution in [2.75, 3.05) is 19.0 Å². The number of hydrogen-bond acceptors (Lipinski definition) is 3. The van der Waals surface area contributed by atoms with E-state index in [-0.39, 0.29) is 0 Å². The average molecular weight is 284 g/mol. The van der Waals surface area contributed by atoms with Crippen LogP contribution in [0, 0.1) is 0 Å². The molecule has 0 atom stereocenters. The lowest BCUT2D eigenvalue weighted by molar-refractivity contribution is 0.189. The fourth-order valence-corrected chi connectivity index (χ4v) is 5.44. The molecule has 0 unspecified atom stereocenters. The molecule has 18 heavy (non-hydrogen) atoms. The predicted molar refractivity (Wildman–Crippen MR) is 81.5 cm³/mol. The van der Waals surface area contributed by atoms with Crippen LogP contribution < -0.4 is 0 Å². The van der Waals surface area contributed by atoms with E-state index in [1.54, 1.807) is 0 Å². The molecule has 102 valence electrons. The third-order valence-electron chi connectivity index (χ3n) is 2.69. The van der Waals surface area contributed by atoms with Crippen LogP contribution >= 0.6 is 11.8 Å². The second-order valence-electron chi connectivity index (χ2n) is 4.26. The number of hydrogen-bond donors (Lipinski definition) is 0. The van der Waals surface area contributed by atoms with E-state index in [9.17, 15) is 0 Å². The van der Waals surface area contributed by atoms with Crippen LogP contribution in [0.1, 0.15) is 20.3 Å². The lowest BCUT2D eigenvalue weighted by Gasteiger charge is -2.25. The van der Waals surface area contributed by atoms with Gasteiger partial charge in [0.25, 0.3) is 0 Å². The smallest absolute Gasteiger partial charge is 0.334 e. The Balaban J connectivity index is 2.26. The molecule has 1 rings (SSSR count). The fraction of sp³-hybridized carbons (Fsp3) is 0.571. The molecule has 0 radical (unpaired) electrons. The van der Waals surface area contributed by atoms with E-state index in [0.29, 0.717) is 0 Å². The van der Waals surface area contributed by atoms with Crippen molar-refractivity contribution in [1.82, 2.24) is 0 Å². The van der Waals surface area contributed by atoms with Crippen molar-refractivity contribution in [3.05, 3.63) is 30.3 Å². The van der Waals surface area contributed by atoms with Crippen LogP contribution in [-0.4, -0.2) is 27.5 Å². The van der Waals surface area contributed by atoms with Crippen molar-refractivity contribution in [3.63, 3.8) is 0 Å². The molecule has 0 amide bonds. The Morgan fingerprint density at radius 1 is 1.06 bits per heavy atom. The highest BCUT2D eigenvalue weighted by Gasteiger charge is 2.29. The molecule has 0 bridgehead atoms. The molecular formula is C14H24O2SSi. The van der Waals surface area contributed by atoms with Crippen LogP contribution in [0.4, 0.5) is 0 Å². The first kappa shape index (κ1) is 15.8. The first-order chi connectivity index (χ1) is 8.70. The lowest BCUT2D eigenvalue weighted by atomic mass is 10.4. The minimum absolute atomic E-state index is 0.758.